The van der Waals surface area contributed by atoms with Gasteiger partial charge in [-0.3, -0.25) is 4.90 Å². The quantitative estimate of drug-likeness (QED) is 0.843. The Morgan fingerprint density at radius 3 is 2.87 bits per heavy atom. The molecule has 2 N–H and O–H groups in total. The number of carbonyl (C=O) groups excluding carboxylic acids is 1. The van der Waals surface area contributed by atoms with Crippen molar-refractivity contribution in [1.29, 1.82) is 0 Å². The highest BCUT2D eigenvalue weighted by molar-refractivity contribution is 5.74. The molecule has 0 bridgehead atoms. The van der Waals surface area contributed by atoms with E-state index in [2.05, 4.69) is 15.5 Å². The molecule has 1 aromatic rings. The maximum atomic E-state index is 12.2. The van der Waals surface area contributed by atoms with Crippen LogP contribution in [0.5, 0.6) is 0 Å². The third-order valence-corrected chi connectivity index (χ3v) is 4.79. The molecule has 3 rings (SSSR count). The number of amides is 2. The van der Waals surface area contributed by atoms with Gasteiger partial charge in [0.05, 0.1) is 24.5 Å². The topological polar surface area (TPSA) is 66.7 Å². The number of likely N-dealkylation sites (tertiary alicyclic amines) is 1. The Morgan fingerprint density at radius 2 is 2.22 bits per heavy atom. The van der Waals surface area contributed by atoms with Gasteiger partial charge in [-0.15, -0.1) is 0 Å². The van der Waals surface area contributed by atoms with Gasteiger partial charge in [-0.1, -0.05) is 0 Å². The molecule has 2 aliphatic rings. The minimum atomic E-state index is -0.135. The van der Waals surface area contributed by atoms with Gasteiger partial charge in [0.25, 0.3) is 0 Å². The molecule has 2 fully saturated rings. The van der Waals surface area contributed by atoms with Gasteiger partial charge in [-0.25, -0.2) is 4.79 Å². The summed E-state index contributed by atoms with van der Waals surface area (Å²) in [6, 6.07) is 3.89. The molecule has 23 heavy (non-hydrogen) atoms. The lowest BCUT2D eigenvalue weighted by molar-refractivity contribution is 0.0858. The Hall–Kier alpha value is -1.53. The number of hydrogen-bond donors (Lipinski definition) is 2. The van der Waals surface area contributed by atoms with E-state index in [1.807, 2.05) is 19.1 Å². The fraction of sp³-hybridized carbons (Fsp3) is 0.706. The molecule has 2 saturated heterocycles. The summed E-state index contributed by atoms with van der Waals surface area (Å²) in [4.78, 5) is 14.5. The second-order valence-corrected chi connectivity index (χ2v) is 6.47. The molecule has 3 atom stereocenters. The Balaban J connectivity index is 1.50. The average molecular weight is 321 g/mol. The number of nitrogens with one attached hydrogen (secondary N) is 2. The fourth-order valence-electron chi connectivity index (χ4n) is 3.48. The van der Waals surface area contributed by atoms with E-state index in [-0.39, 0.29) is 24.2 Å². The average Bonchev–Trinajstić information content (AvgIpc) is 3.30. The van der Waals surface area contributed by atoms with Crippen LogP contribution in [0.1, 0.15) is 44.4 Å². The number of nitrogens with zero attached hydrogens (tertiary/aromatic N) is 1. The number of hydrogen-bond acceptors (Lipinski definition) is 4. The summed E-state index contributed by atoms with van der Waals surface area (Å²) in [6.45, 7) is 5.47. The molecule has 3 heterocycles. The third-order valence-electron chi connectivity index (χ3n) is 4.79. The van der Waals surface area contributed by atoms with Crippen molar-refractivity contribution < 1.29 is 13.9 Å². The van der Waals surface area contributed by atoms with Crippen LogP contribution in [0.4, 0.5) is 4.79 Å². The number of rotatable bonds is 6. The maximum Gasteiger partial charge on any atom is 0.315 e. The van der Waals surface area contributed by atoms with E-state index in [1.54, 1.807) is 6.26 Å². The van der Waals surface area contributed by atoms with Gasteiger partial charge in [-0.2, -0.15) is 0 Å². The monoisotopic (exact) mass is 321 g/mol. The number of furan rings is 1. The number of ether oxygens (including phenoxy) is 1. The minimum Gasteiger partial charge on any atom is -0.468 e. The molecule has 2 amide bonds. The van der Waals surface area contributed by atoms with Crippen molar-refractivity contribution in [2.45, 2.75) is 50.8 Å². The minimum absolute atomic E-state index is 0.0337. The molecular formula is C17H27N3O3. The van der Waals surface area contributed by atoms with E-state index >= 15 is 0 Å². The van der Waals surface area contributed by atoms with Crippen molar-refractivity contribution in [3.05, 3.63) is 24.2 Å². The van der Waals surface area contributed by atoms with Crippen molar-refractivity contribution in [2.24, 2.45) is 0 Å². The highest BCUT2D eigenvalue weighted by Gasteiger charge is 2.27. The van der Waals surface area contributed by atoms with Crippen LogP contribution >= 0.6 is 0 Å². The standard InChI is InChI=1S/C17H27N3O3/c1-13(15-6-4-10-22-15)19-17(21)18-12-14(16-7-5-11-23-16)20-8-2-3-9-20/h5,7,11,13-15H,2-4,6,8-10,12H2,1H3,(H2,18,19,21)/t13-,14+,15-/m0/s1. The lowest BCUT2D eigenvalue weighted by Gasteiger charge is -2.27. The summed E-state index contributed by atoms with van der Waals surface area (Å²) in [7, 11) is 0. The number of carbonyl (C=O) groups is 1. The summed E-state index contributed by atoms with van der Waals surface area (Å²) >= 11 is 0. The van der Waals surface area contributed by atoms with Gasteiger partial charge in [0.2, 0.25) is 0 Å². The second-order valence-electron chi connectivity index (χ2n) is 6.47. The van der Waals surface area contributed by atoms with Crippen molar-refractivity contribution in [3.8, 4) is 0 Å². The summed E-state index contributed by atoms with van der Waals surface area (Å²) in [5.74, 6) is 0.916. The molecule has 128 valence electrons. The van der Waals surface area contributed by atoms with Crippen LogP contribution in [0.15, 0.2) is 22.8 Å². The Labute approximate surface area is 137 Å². The normalized spacial score (nSPS) is 24.5. The predicted octanol–water partition coefficient (Wildman–Crippen LogP) is 2.28. The molecule has 0 radical (unpaired) electrons. The first-order valence-corrected chi connectivity index (χ1v) is 8.67. The molecule has 6 heteroatoms. The lowest BCUT2D eigenvalue weighted by atomic mass is 10.1. The van der Waals surface area contributed by atoms with Crippen molar-refractivity contribution >= 4 is 6.03 Å². The van der Waals surface area contributed by atoms with E-state index in [0.717, 1.165) is 38.3 Å². The predicted molar refractivity (Wildman–Crippen MR) is 87.2 cm³/mol. The molecule has 0 aliphatic carbocycles. The van der Waals surface area contributed by atoms with Crippen molar-refractivity contribution in [2.75, 3.05) is 26.2 Å². The van der Waals surface area contributed by atoms with Crippen LogP contribution in [0.25, 0.3) is 0 Å². The zero-order valence-corrected chi connectivity index (χ0v) is 13.8. The van der Waals surface area contributed by atoms with E-state index in [1.165, 1.54) is 12.8 Å². The highest BCUT2D eigenvalue weighted by atomic mass is 16.5. The van der Waals surface area contributed by atoms with Crippen LogP contribution in [-0.2, 0) is 4.74 Å². The second kappa shape index (κ2) is 7.84. The molecular weight excluding hydrogens is 294 g/mol. The van der Waals surface area contributed by atoms with Crippen molar-refractivity contribution in [3.63, 3.8) is 0 Å². The van der Waals surface area contributed by atoms with E-state index in [9.17, 15) is 4.79 Å². The van der Waals surface area contributed by atoms with E-state index < -0.39 is 0 Å². The van der Waals surface area contributed by atoms with Gasteiger partial charge in [0.1, 0.15) is 5.76 Å². The summed E-state index contributed by atoms with van der Waals surface area (Å²) in [5.41, 5.74) is 0. The largest absolute Gasteiger partial charge is 0.468 e. The third kappa shape index (κ3) is 4.26. The SMILES string of the molecule is C[C@H](NC(=O)NC[C@H](c1ccco1)N1CCCC1)[C@@H]1CCCO1. The fourth-order valence-corrected chi connectivity index (χ4v) is 3.48. The Bertz CT molecular complexity index is 479. The van der Waals surface area contributed by atoms with Gasteiger partial charge < -0.3 is 19.8 Å². The first-order chi connectivity index (χ1) is 11.2. The van der Waals surface area contributed by atoms with Crippen LogP contribution in [-0.4, -0.2) is 49.3 Å². The van der Waals surface area contributed by atoms with Gasteiger partial charge in [0.15, 0.2) is 0 Å². The number of urea groups is 1. The maximum absolute atomic E-state index is 12.2. The molecule has 1 aromatic heterocycles. The van der Waals surface area contributed by atoms with Crippen LogP contribution in [0, 0.1) is 0 Å². The Kier molecular flexibility index (Phi) is 5.56. The van der Waals surface area contributed by atoms with Gasteiger partial charge in [-0.05, 0) is 57.8 Å². The smallest absolute Gasteiger partial charge is 0.315 e. The van der Waals surface area contributed by atoms with Gasteiger partial charge >= 0.3 is 6.03 Å². The van der Waals surface area contributed by atoms with E-state index in [4.69, 9.17) is 9.15 Å². The highest BCUT2D eigenvalue weighted by Crippen LogP contribution is 2.24. The summed E-state index contributed by atoms with van der Waals surface area (Å²) in [5, 5.41) is 5.98. The van der Waals surface area contributed by atoms with Crippen LogP contribution in [0.2, 0.25) is 0 Å². The molecule has 0 aromatic carbocycles. The summed E-state index contributed by atoms with van der Waals surface area (Å²) < 4.78 is 11.2. The Morgan fingerprint density at radius 1 is 1.39 bits per heavy atom. The first-order valence-electron chi connectivity index (χ1n) is 8.67. The molecule has 0 saturated carbocycles. The van der Waals surface area contributed by atoms with Crippen LogP contribution < -0.4 is 10.6 Å². The lowest BCUT2D eigenvalue weighted by Crippen LogP contribution is -2.47. The molecule has 0 unspecified atom stereocenters. The summed E-state index contributed by atoms with van der Waals surface area (Å²) in [6.07, 6.45) is 6.34. The molecule has 2 aliphatic heterocycles. The zero-order chi connectivity index (χ0) is 16.1. The zero-order valence-electron chi connectivity index (χ0n) is 13.8. The van der Waals surface area contributed by atoms with Gasteiger partial charge in [0, 0.05) is 13.2 Å². The van der Waals surface area contributed by atoms with Crippen LogP contribution in [0.3, 0.4) is 0 Å². The molecule has 0 spiro atoms. The van der Waals surface area contributed by atoms with E-state index in [0.29, 0.717) is 6.54 Å². The first kappa shape index (κ1) is 16.3. The molecule has 6 nitrogen and oxygen atoms in total. The van der Waals surface area contributed by atoms with Crippen molar-refractivity contribution in [1.82, 2.24) is 15.5 Å².